The molecule has 2 atom stereocenters. The number of aryl methyl sites for hydroxylation is 1. The first-order valence-electron chi connectivity index (χ1n) is 13.3. The summed E-state index contributed by atoms with van der Waals surface area (Å²) in [6, 6.07) is 20.1. The van der Waals surface area contributed by atoms with Crippen molar-refractivity contribution in [3.8, 4) is 0 Å². The van der Waals surface area contributed by atoms with Gasteiger partial charge in [0.2, 0.25) is 11.8 Å². The van der Waals surface area contributed by atoms with Crippen LogP contribution in [0.15, 0.2) is 60.7 Å². The molecule has 3 N–H and O–H groups in total. The first kappa shape index (κ1) is 28.0. The molecule has 0 saturated carbocycles. The summed E-state index contributed by atoms with van der Waals surface area (Å²) < 4.78 is 0. The number of benzene rings is 3. The van der Waals surface area contributed by atoms with Crippen molar-refractivity contribution in [3.05, 3.63) is 77.4 Å². The second-order valence-corrected chi connectivity index (χ2v) is 10.1. The highest BCUT2D eigenvalue weighted by atomic mass is 35.5. The monoisotopic (exact) mass is 535 g/mol. The number of piperazine rings is 1. The summed E-state index contributed by atoms with van der Waals surface area (Å²) in [6.07, 6.45) is 1.32. The average molecular weight is 536 g/mol. The van der Waals surface area contributed by atoms with Crippen LogP contribution in [0.4, 0.5) is 5.69 Å². The minimum Gasteiger partial charge on any atom is -0.343 e. The minimum atomic E-state index is -0.561. The van der Waals surface area contributed by atoms with Gasteiger partial charge in [0, 0.05) is 38.4 Å². The highest BCUT2D eigenvalue weighted by Gasteiger charge is 2.32. The number of anilines is 1. The van der Waals surface area contributed by atoms with Crippen LogP contribution in [0, 0.1) is 0 Å². The van der Waals surface area contributed by atoms with Gasteiger partial charge in [0.25, 0.3) is 0 Å². The Labute approximate surface area is 231 Å². The van der Waals surface area contributed by atoms with Crippen LogP contribution >= 0.6 is 12.4 Å². The Morgan fingerprint density at radius 2 is 1.61 bits per heavy atom. The number of carbonyl (C=O) groups is 2. The second-order valence-electron chi connectivity index (χ2n) is 10.1. The number of hydrogen-bond donors (Lipinski definition) is 3. The third-order valence-corrected chi connectivity index (χ3v) is 7.73. The zero-order valence-electron chi connectivity index (χ0n) is 22.2. The van der Waals surface area contributed by atoms with Gasteiger partial charge in [-0.25, -0.2) is 0 Å². The van der Waals surface area contributed by atoms with Gasteiger partial charge in [-0.3, -0.25) is 14.5 Å². The lowest BCUT2D eigenvalue weighted by molar-refractivity contribution is -0.128. The molecule has 0 unspecified atom stereocenters. The van der Waals surface area contributed by atoms with Crippen LogP contribution < -0.4 is 20.9 Å². The summed E-state index contributed by atoms with van der Waals surface area (Å²) in [4.78, 5) is 30.9. The maximum atomic E-state index is 13.9. The van der Waals surface area contributed by atoms with Crippen molar-refractivity contribution in [2.24, 2.45) is 0 Å². The lowest BCUT2D eigenvalue weighted by Crippen LogP contribution is -2.52. The van der Waals surface area contributed by atoms with E-state index in [2.05, 4.69) is 63.3 Å². The van der Waals surface area contributed by atoms with Crippen LogP contribution in [0.5, 0.6) is 0 Å². The molecule has 3 aromatic rings. The van der Waals surface area contributed by atoms with Crippen LogP contribution in [-0.2, 0) is 29.1 Å². The van der Waals surface area contributed by atoms with Crippen LogP contribution in [0.2, 0.25) is 0 Å². The highest BCUT2D eigenvalue weighted by Crippen LogP contribution is 2.31. The van der Waals surface area contributed by atoms with Gasteiger partial charge in [0.1, 0.15) is 6.04 Å². The average Bonchev–Trinajstić information content (AvgIpc) is 3.06. The van der Waals surface area contributed by atoms with Crippen molar-refractivity contribution in [3.63, 3.8) is 0 Å². The Hall–Kier alpha value is -2.97. The fourth-order valence-corrected chi connectivity index (χ4v) is 5.42. The molecule has 0 radical (unpaired) electrons. The molecule has 2 aliphatic rings. The van der Waals surface area contributed by atoms with E-state index in [0.29, 0.717) is 13.0 Å². The Morgan fingerprint density at radius 3 is 2.29 bits per heavy atom. The van der Waals surface area contributed by atoms with Gasteiger partial charge in [-0.15, -0.1) is 12.4 Å². The van der Waals surface area contributed by atoms with Gasteiger partial charge in [-0.2, -0.15) is 0 Å². The first-order chi connectivity index (χ1) is 18.0. The number of carbonyl (C=O) groups excluding carboxylic acids is 2. The smallest absolute Gasteiger partial charge is 0.249 e. The molecule has 0 aromatic heterocycles. The third-order valence-electron chi connectivity index (χ3n) is 7.73. The largest absolute Gasteiger partial charge is 0.343 e. The van der Waals surface area contributed by atoms with Gasteiger partial charge in [0.15, 0.2) is 0 Å². The Bertz CT molecular complexity index is 1280. The fourth-order valence-electron chi connectivity index (χ4n) is 5.42. The molecule has 202 valence electrons. The van der Waals surface area contributed by atoms with Crippen molar-refractivity contribution in [2.45, 2.75) is 44.9 Å². The Morgan fingerprint density at radius 1 is 0.974 bits per heavy atom. The fraction of sp³-hybridized carbons (Fsp3) is 0.400. The van der Waals surface area contributed by atoms with Crippen molar-refractivity contribution >= 4 is 40.7 Å². The number of hydrogen-bond acceptors (Lipinski definition) is 5. The van der Waals surface area contributed by atoms with Gasteiger partial charge < -0.3 is 20.9 Å². The highest BCUT2D eigenvalue weighted by molar-refractivity contribution is 6.01. The van der Waals surface area contributed by atoms with E-state index >= 15 is 0 Å². The second kappa shape index (κ2) is 12.7. The van der Waals surface area contributed by atoms with Gasteiger partial charge in [-0.1, -0.05) is 54.6 Å². The molecule has 0 aliphatic carbocycles. The molecule has 7 nitrogen and oxygen atoms in total. The quantitative estimate of drug-likeness (QED) is 0.433. The molecule has 3 aromatic carbocycles. The van der Waals surface area contributed by atoms with Crippen molar-refractivity contribution in [2.75, 3.05) is 38.1 Å². The maximum Gasteiger partial charge on any atom is 0.249 e. The molecule has 0 spiro atoms. The van der Waals surface area contributed by atoms with E-state index in [1.165, 1.54) is 16.3 Å². The van der Waals surface area contributed by atoms with E-state index in [9.17, 15) is 9.59 Å². The summed E-state index contributed by atoms with van der Waals surface area (Å²) in [5.74, 6) is -0.218. The summed E-state index contributed by atoms with van der Waals surface area (Å²) in [5, 5.41) is 11.8. The third kappa shape index (κ3) is 6.02. The standard InChI is InChI=1S/C30H37N5O2.ClH/c1-21(31-2)29(36)33-27-14-13-22-7-3-6-10-28(22)35(30(27)37)20-24-12-11-23(19-34-17-15-32-16-18-34)25-8-4-5-9-26(24)25;/h3-12,21,27,31-32H,13-20H2,1-2H3,(H,33,36);1H/t21-,27-;/m0./s1. The van der Waals surface area contributed by atoms with E-state index < -0.39 is 6.04 Å². The lowest BCUT2D eigenvalue weighted by atomic mass is 9.98. The number of nitrogens with one attached hydrogen (secondary N) is 3. The van der Waals surface area contributed by atoms with Crippen LogP contribution in [0.1, 0.15) is 30.0 Å². The molecular weight excluding hydrogens is 498 g/mol. The molecular formula is C30H38ClN5O2. The predicted octanol–water partition coefficient (Wildman–Crippen LogP) is 3.24. The summed E-state index contributed by atoms with van der Waals surface area (Å²) >= 11 is 0. The van der Waals surface area contributed by atoms with E-state index in [0.717, 1.165) is 56.0 Å². The van der Waals surface area contributed by atoms with Crippen molar-refractivity contribution in [1.82, 2.24) is 20.9 Å². The number of halogens is 1. The Balaban J connectivity index is 0.00000336. The van der Waals surface area contributed by atoms with Crippen molar-refractivity contribution < 1.29 is 9.59 Å². The number of rotatable bonds is 7. The molecule has 38 heavy (non-hydrogen) atoms. The molecule has 2 heterocycles. The summed E-state index contributed by atoms with van der Waals surface area (Å²) in [5.41, 5.74) is 4.49. The molecule has 2 amide bonds. The van der Waals surface area contributed by atoms with Crippen LogP contribution in [0.3, 0.4) is 0 Å². The number of para-hydroxylation sites is 1. The molecule has 1 saturated heterocycles. The molecule has 1 fully saturated rings. The van der Waals surface area contributed by atoms with Gasteiger partial charge in [0.05, 0.1) is 12.6 Å². The van der Waals surface area contributed by atoms with Crippen LogP contribution in [-0.4, -0.2) is 62.0 Å². The SMILES string of the molecule is CN[C@@H](C)C(=O)N[C@H]1CCc2ccccc2N(Cc2ccc(CN3CCNCC3)c3ccccc23)C1=O.Cl. The number of likely N-dealkylation sites (N-methyl/N-ethyl adjacent to an activating group) is 1. The molecule has 2 aliphatic heterocycles. The van der Waals surface area contributed by atoms with E-state index in [4.69, 9.17) is 0 Å². The minimum absolute atomic E-state index is 0. The lowest BCUT2D eigenvalue weighted by Gasteiger charge is -2.29. The molecule has 5 rings (SSSR count). The van der Waals surface area contributed by atoms with Gasteiger partial charge >= 0.3 is 0 Å². The summed E-state index contributed by atoms with van der Waals surface area (Å²) in [6.45, 7) is 7.33. The molecule has 0 bridgehead atoms. The summed E-state index contributed by atoms with van der Waals surface area (Å²) in [7, 11) is 1.75. The van der Waals surface area contributed by atoms with Crippen molar-refractivity contribution in [1.29, 1.82) is 0 Å². The van der Waals surface area contributed by atoms with Gasteiger partial charge in [-0.05, 0) is 60.3 Å². The van der Waals surface area contributed by atoms with E-state index in [1.54, 1.807) is 14.0 Å². The normalized spacial score (nSPS) is 18.8. The number of fused-ring (bicyclic) bond motifs is 2. The van der Waals surface area contributed by atoms with E-state index in [1.807, 2.05) is 23.1 Å². The predicted molar refractivity (Wildman–Crippen MR) is 156 cm³/mol. The van der Waals surface area contributed by atoms with Crippen LogP contribution in [0.25, 0.3) is 10.8 Å². The zero-order chi connectivity index (χ0) is 25.8. The van der Waals surface area contributed by atoms with E-state index in [-0.39, 0.29) is 30.3 Å². The number of amides is 2. The Kier molecular flexibility index (Phi) is 9.39. The zero-order valence-corrected chi connectivity index (χ0v) is 23.0. The molecule has 8 heteroatoms. The first-order valence-corrected chi connectivity index (χ1v) is 13.3. The maximum absolute atomic E-state index is 13.9. The number of nitrogens with zero attached hydrogens (tertiary/aromatic N) is 2. The topological polar surface area (TPSA) is 76.7 Å².